The van der Waals surface area contributed by atoms with E-state index in [-0.39, 0.29) is 5.97 Å². The Morgan fingerprint density at radius 2 is 2.22 bits per heavy atom. The molecule has 0 aliphatic carbocycles. The first-order valence-electron chi connectivity index (χ1n) is 5.89. The first-order valence-corrected chi connectivity index (χ1v) is 5.89. The molecule has 0 aliphatic rings. The molecule has 4 heteroatoms. The van der Waals surface area contributed by atoms with E-state index >= 15 is 0 Å². The summed E-state index contributed by atoms with van der Waals surface area (Å²) >= 11 is 0. The Morgan fingerprint density at radius 3 is 2.83 bits per heavy atom. The Balaban J connectivity index is 2.46. The van der Waals surface area contributed by atoms with Crippen molar-refractivity contribution < 1.29 is 14.3 Å². The SMILES string of the molecule is CCOC(=O)/C=C/CNc1ccc(OC)cc1C. The van der Waals surface area contributed by atoms with Crippen LogP contribution in [0.5, 0.6) is 5.75 Å². The van der Waals surface area contributed by atoms with E-state index in [1.165, 1.54) is 6.08 Å². The van der Waals surface area contributed by atoms with Crippen LogP contribution in [-0.4, -0.2) is 26.2 Å². The largest absolute Gasteiger partial charge is 0.497 e. The minimum absolute atomic E-state index is 0.314. The van der Waals surface area contributed by atoms with Crippen molar-refractivity contribution in [1.82, 2.24) is 0 Å². The molecule has 0 fully saturated rings. The van der Waals surface area contributed by atoms with E-state index in [9.17, 15) is 4.79 Å². The third-order valence-electron chi connectivity index (χ3n) is 2.38. The van der Waals surface area contributed by atoms with Crippen LogP contribution >= 0.6 is 0 Å². The zero-order valence-electron chi connectivity index (χ0n) is 11.0. The van der Waals surface area contributed by atoms with Gasteiger partial charge in [-0.3, -0.25) is 0 Å². The van der Waals surface area contributed by atoms with E-state index in [1.54, 1.807) is 20.1 Å². The van der Waals surface area contributed by atoms with Crippen LogP contribution < -0.4 is 10.1 Å². The summed E-state index contributed by atoms with van der Waals surface area (Å²) in [6.45, 7) is 4.75. The first-order chi connectivity index (χ1) is 8.67. The Morgan fingerprint density at radius 1 is 1.44 bits per heavy atom. The van der Waals surface area contributed by atoms with Gasteiger partial charge in [0.2, 0.25) is 0 Å². The minimum Gasteiger partial charge on any atom is -0.497 e. The van der Waals surface area contributed by atoms with Crippen molar-refractivity contribution in [2.45, 2.75) is 13.8 Å². The summed E-state index contributed by atoms with van der Waals surface area (Å²) in [6.07, 6.45) is 3.16. The number of rotatable bonds is 6. The Labute approximate surface area is 108 Å². The Bertz CT molecular complexity index is 427. The maximum Gasteiger partial charge on any atom is 0.330 e. The fourth-order valence-electron chi connectivity index (χ4n) is 1.48. The number of benzene rings is 1. The molecule has 1 aromatic rings. The summed E-state index contributed by atoms with van der Waals surface area (Å²) in [4.78, 5) is 11.1. The van der Waals surface area contributed by atoms with Crippen molar-refractivity contribution >= 4 is 11.7 Å². The standard InChI is InChI=1S/C14H19NO3/c1-4-18-14(16)6-5-9-15-13-8-7-12(17-3)10-11(13)2/h5-8,10,15H,4,9H2,1-3H3/b6-5+. The average molecular weight is 249 g/mol. The minimum atomic E-state index is -0.314. The predicted octanol–water partition coefficient (Wildman–Crippen LogP) is 2.53. The average Bonchev–Trinajstić information content (AvgIpc) is 2.36. The molecule has 1 aromatic carbocycles. The van der Waals surface area contributed by atoms with Crippen LogP contribution in [0.25, 0.3) is 0 Å². The van der Waals surface area contributed by atoms with Crippen molar-refractivity contribution in [3.05, 3.63) is 35.9 Å². The molecule has 1 N–H and O–H groups in total. The van der Waals surface area contributed by atoms with Gasteiger partial charge in [0.1, 0.15) is 5.75 Å². The summed E-state index contributed by atoms with van der Waals surface area (Å²) in [6, 6.07) is 5.80. The molecule has 0 saturated heterocycles. The van der Waals surface area contributed by atoms with E-state index in [4.69, 9.17) is 9.47 Å². The molecule has 0 spiro atoms. The number of methoxy groups -OCH3 is 1. The highest BCUT2D eigenvalue weighted by atomic mass is 16.5. The maximum atomic E-state index is 11.1. The smallest absolute Gasteiger partial charge is 0.330 e. The van der Waals surface area contributed by atoms with E-state index in [0.717, 1.165) is 17.0 Å². The second-order valence-corrected chi connectivity index (χ2v) is 3.72. The topological polar surface area (TPSA) is 47.6 Å². The number of ether oxygens (including phenoxy) is 2. The van der Waals surface area contributed by atoms with Gasteiger partial charge in [-0.25, -0.2) is 4.79 Å². The van der Waals surface area contributed by atoms with E-state index in [1.807, 2.05) is 25.1 Å². The fourth-order valence-corrected chi connectivity index (χ4v) is 1.48. The molecule has 0 unspecified atom stereocenters. The van der Waals surface area contributed by atoms with Gasteiger partial charge in [-0.15, -0.1) is 0 Å². The molecule has 0 aliphatic heterocycles. The lowest BCUT2D eigenvalue weighted by Crippen LogP contribution is -2.03. The number of hydrogen-bond donors (Lipinski definition) is 1. The molecule has 98 valence electrons. The molecule has 0 atom stereocenters. The van der Waals surface area contributed by atoms with Gasteiger partial charge >= 0.3 is 5.97 Å². The molecule has 0 heterocycles. The van der Waals surface area contributed by atoms with Crippen LogP contribution in [0.2, 0.25) is 0 Å². The highest BCUT2D eigenvalue weighted by Crippen LogP contribution is 2.20. The molecule has 0 radical (unpaired) electrons. The van der Waals surface area contributed by atoms with Crippen LogP contribution in [0, 0.1) is 6.92 Å². The molecule has 1 rings (SSSR count). The highest BCUT2D eigenvalue weighted by Gasteiger charge is 1.98. The van der Waals surface area contributed by atoms with Crippen molar-refractivity contribution in [3.63, 3.8) is 0 Å². The summed E-state index contributed by atoms with van der Waals surface area (Å²) in [7, 11) is 1.64. The van der Waals surface area contributed by atoms with Crippen molar-refractivity contribution in [2.24, 2.45) is 0 Å². The lowest BCUT2D eigenvalue weighted by atomic mass is 10.2. The maximum absolute atomic E-state index is 11.1. The van der Waals surface area contributed by atoms with Gasteiger partial charge in [0.25, 0.3) is 0 Å². The lowest BCUT2D eigenvalue weighted by molar-refractivity contribution is -0.137. The molecule has 18 heavy (non-hydrogen) atoms. The predicted molar refractivity (Wildman–Crippen MR) is 72.0 cm³/mol. The van der Waals surface area contributed by atoms with Crippen LogP contribution in [0.3, 0.4) is 0 Å². The monoisotopic (exact) mass is 249 g/mol. The summed E-state index contributed by atoms with van der Waals surface area (Å²) < 4.78 is 9.91. The van der Waals surface area contributed by atoms with Crippen LogP contribution in [0.4, 0.5) is 5.69 Å². The Kier molecular flexibility index (Phi) is 5.77. The van der Waals surface area contributed by atoms with Gasteiger partial charge < -0.3 is 14.8 Å². The zero-order chi connectivity index (χ0) is 13.4. The van der Waals surface area contributed by atoms with Crippen molar-refractivity contribution in [1.29, 1.82) is 0 Å². The molecule has 0 aromatic heterocycles. The third-order valence-corrected chi connectivity index (χ3v) is 2.38. The number of hydrogen-bond acceptors (Lipinski definition) is 4. The van der Waals surface area contributed by atoms with Crippen molar-refractivity contribution in [2.75, 3.05) is 25.6 Å². The van der Waals surface area contributed by atoms with Gasteiger partial charge in [0.15, 0.2) is 0 Å². The number of aryl methyl sites for hydroxylation is 1. The van der Waals surface area contributed by atoms with Gasteiger partial charge in [0, 0.05) is 18.3 Å². The lowest BCUT2D eigenvalue weighted by Gasteiger charge is -2.09. The molecule has 4 nitrogen and oxygen atoms in total. The number of nitrogens with one attached hydrogen (secondary N) is 1. The highest BCUT2D eigenvalue weighted by molar-refractivity contribution is 5.81. The van der Waals surface area contributed by atoms with E-state index < -0.39 is 0 Å². The molecular weight excluding hydrogens is 230 g/mol. The van der Waals surface area contributed by atoms with Gasteiger partial charge in [-0.2, -0.15) is 0 Å². The summed E-state index contributed by atoms with van der Waals surface area (Å²) in [5, 5.41) is 3.21. The third kappa shape index (κ3) is 4.49. The van der Waals surface area contributed by atoms with Crippen LogP contribution in [0.1, 0.15) is 12.5 Å². The summed E-state index contributed by atoms with van der Waals surface area (Å²) in [5.74, 6) is 0.519. The van der Waals surface area contributed by atoms with E-state index in [2.05, 4.69) is 5.32 Å². The second kappa shape index (κ2) is 7.37. The fraction of sp³-hybridized carbons (Fsp3) is 0.357. The van der Waals surface area contributed by atoms with Gasteiger partial charge in [-0.1, -0.05) is 6.08 Å². The molecule has 0 saturated carbocycles. The Hall–Kier alpha value is -1.97. The van der Waals surface area contributed by atoms with Gasteiger partial charge in [0.05, 0.1) is 13.7 Å². The van der Waals surface area contributed by atoms with Crippen LogP contribution in [-0.2, 0) is 9.53 Å². The zero-order valence-corrected chi connectivity index (χ0v) is 11.0. The summed E-state index contributed by atoms with van der Waals surface area (Å²) in [5.41, 5.74) is 2.11. The number of carbonyl (C=O) groups excluding carboxylic acids is 1. The van der Waals surface area contributed by atoms with Crippen molar-refractivity contribution in [3.8, 4) is 5.75 Å². The van der Waals surface area contributed by atoms with E-state index in [0.29, 0.717) is 13.2 Å². The molecule has 0 bridgehead atoms. The van der Waals surface area contributed by atoms with Gasteiger partial charge in [-0.05, 0) is 37.6 Å². The first kappa shape index (κ1) is 14.1. The normalized spacial score (nSPS) is 10.4. The molecular formula is C14H19NO3. The second-order valence-electron chi connectivity index (χ2n) is 3.72. The quantitative estimate of drug-likeness (QED) is 0.621. The number of carbonyl (C=O) groups is 1. The number of anilines is 1. The number of esters is 1. The molecule has 0 amide bonds. The van der Waals surface area contributed by atoms with Crippen LogP contribution in [0.15, 0.2) is 30.4 Å².